The molecule has 0 bridgehead atoms. The number of amides is 1. The van der Waals surface area contributed by atoms with E-state index in [4.69, 9.17) is 9.47 Å². The molecule has 0 aliphatic heterocycles. The van der Waals surface area contributed by atoms with Gasteiger partial charge in [0.25, 0.3) is 5.91 Å². The van der Waals surface area contributed by atoms with Crippen LogP contribution in [0.1, 0.15) is 10.4 Å². The molecule has 19 heavy (non-hydrogen) atoms. The van der Waals surface area contributed by atoms with Crippen LogP contribution in [0.3, 0.4) is 0 Å². The summed E-state index contributed by atoms with van der Waals surface area (Å²) in [4.78, 5) is 19.9. The van der Waals surface area contributed by atoms with Crippen molar-refractivity contribution in [1.82, 2.24) is 9.97 Å². The Morgan fingerprint density at radius 3 is 2.53 bits per heavy atom. The van der Waals surface area contributed by atoms with Crippen molar-refractivity contribution in [2.24, 2.45) is 0 Å². The first-order valence-corrected chi connectivity index (χ1v) is 5.56. The number of nitrogens with one attached hydrogen (secondary N) is 1. The molecular weight excluding hydrogens is 246 g/mol. The highest BCUT2D eigenvalue weighted by Gasteiger charge is 2.12. The van der Waals surface area contributed by atoms with E-state index < -0.39 is 0 Å². The molecular formula is C13H13N3O3. The Morgan fingerprint density at radius 2 is 1.89 bits per heavy atom. The lowest BCUT2D eigenvalue weighted by atomic mass is 10.2. The number of benzene rings is 1. The van der Waals surface area contributed by atoms with Gasteiger partial charge in [-0.2, -0.15) is 4.98 Å². The Balaban J connectivity index is 2.21. The first-order valence-electron chi connectivity index (χ1n) is 5.56. The summed E-state index contributed by atoms with van der Waals surface area (Å²) in [5.41, 5.74) is 0.928. The second-order valence-electron chi connectivity index (χ2n) is 3.60. The van der Waals surface area contributed by atoms with E-state index in [1.807, 2.05) is 6.07 Å². The largest absolute Gasteiger partial charge is 0.479 e. The van der Waals surface area contributed by atoms with Gasteiger partial charge in [0, 0.05) is 5.56 Å². The zero-order chi connectivity index (χ0) is 13.7. The SMILES string of the molecule is COc1ncc(NC(=O)c2ccccc2)c(OC)n1. The molecule has 0 aliphatic carbocycles. The van der Waals surface area contributed by atoms with Crippen LogP contribution in [0.2, 0.25) is 0 Å². The standard InChI is InChI=1S/C13H13N3O3/c1-18-12-10(8-14-13(16-12)19-2)15-11(17)9-6-4-3-5-7-9/h3-8H,1-2H3,(H,15,17). The molecule has 1 aromatic heterocycles. The molecule has 6 heteroatoms. The summed E-state index contributed by atoms with van der Waals surface area (Å²) in [6, 6.07) is 9.02. The van der Waals surface area contributed by atoms with Gasteiger partial charge in [-0.05, 0) is 12.1 Å². The van der Waals surface area contributed by atoms with Gasteiger partial charge in [-0.1, -0.05) is 18.2 Å². The van der Waals surface area contributed by atoms with Gasteiger partial charge in [0.2, 0.25) is 5.88 Å². The molecule has 0 saturated carbocycles. The lowest BCUT2D eigenvalue weighted by Gasteiger charge is -2.09. The zero-order valence-corrected chi connectivity index (χ0v) is 10.6. The monoisotopic (exact) mass is 259 g/mol. The number of methoxy groups -OCH3 is 2. The second kappa shape index (κ2) is 5.81. The Kier molecular flexibility index (Phi) is 3.92. The highest BCUT2D eigenvalue weighted by molar-refractivity contribution is 6.04. The number of rotatable bonds is 4. The molecule has 1 aromatic carbocycles. The molecule has 0 atom stereocenters. The smallest absolute Gasteiger partial charge is 0.319 e. The van der Waals surface area contributed by atoms with Gasteiger partial charge in [0.15, 0.2) is 0 Å². The van der Waals surface area contributed by atoms with Gasteiger partial charge >= 0.3 is 6.01 Å². The number of anilines is 1. The summed E-state index contributed by atoms with van der Waals surface area (Å²) in [5.74, 6) is -0.0104. The first kappa shape index (κ1) is 12.8. The Hall–Kier alpha value is -2.63. The maximum atomic E-state index is 12.0. The number of ether oxygens (including phenoxy) is 2. The van der Waals surface area contributed by atoms with E-state index in [-0.39, 0.29) is 17.8 Å². The van der Waals surface area contributed by atoms with Crippen LogP contribution in [0.15, 0.2) is 36.5 Å². The number of aromatic nitrogens is 2. The van der Waals surface area contributed by atoms with E-state index >= 15 is 0 Å². The van der Waals surface area contributed by atoms with E-state index in [1.54, 1.807) is 24.3 Å². The molecule has 1 heterocycles. The lowest BCUT2D eigenvalue weighted by Crippen LogP contribution is -2.13. The molecule has 98 valence electrons. The summed E-state index contributed by atoms with van der Waals surface area (Å²) in [6.45, 7) is 0. The van der Waals surface area contributed by atoms with Crippen LogP contribution in [-0.4, -0.2) is 30.1 Å². The summed E-state index contributed by atoms with van der Waals surface area (Å²) in [7, 11) is 2.91. The third-order valence-corrected chi connectivity index (χ3v) is 2.39. The normalized spacial score (nSPS) is 9.79. The van der Waals surface area contributed by atoms with E-state index in [2.05, 4.69) is 15.3 Å². The molecule has 0 aliphatic rings. The van der Waals surface area contributed by atoms with Crippen LogP contribution < -0.4 is 14.8 Å². The van der Waals surface area contributed by atoms with Crippen molar-refractivity contribution in [2.75, 3.05) is 19.5 Å². The minimum atomic E-state index is -0.257. The number of hydrogen-bond donors (Lipinski definition) is 1. The maximum Gasteiger partial charge on any atom is 0.319 e. The molecule has 0 spiro atoms. The Labute approximate surface area is 110 Å². The number of nitrogens with zero attached hydrogens (tertiary/aromatic N) is 2. The number of carbonyl (C=O) groups excluding carboxylic acids is 1. The van der Waals surface area contributed by atoms with Crippen LogP contribution >= 0.6 is 0 Å². The molecule has 2 aromatic rings. The van der Waals surface area contributed by atoms with E-state index in [0.717, 1.165) is 0 Å². The third-order valence-electron chi connectivity index (χ3n) is 2.39. The van der Waals surface area contributed by atoms with Gasteiger partial charge < -0.3 is 14.8 Å². The number of hydrogen-bond acceptors (Lipinski definition) is 5. The molecule has 0 saturated heterocycles. The minimum Gasteiger partial charge on any atom is -0.479 e. The van der Waals surface area contributed by atoms with E-state index in [9.17, 15) is 4.79 Å². The second-order valence-corrected chi connectivity index (χ2v) is 3.60. The Bertz CT molecular complexity index is 573. The molecule has 0 unspecified atom stereocenters. The van der Waals surface area contributed by atoms with Crippen molar-refractivity contribution < 1.29 is 14.3 Å². The van der Waals surface area contributed by atoms with Crippen molar-refractivity contribution in [3.05, 3.63) is 42.1 Å². The third kappa shape index (κ3) is 2.98. The fourth-order valence-electron chi connectivity index (χ4n) is 1.47. The van der Waals surface area contributed by atoms with Crippen LogP contribution in [0.4, 0.5) is 5.69 Å². The van der Waals surface area contributed by atoms with Crippen molar-refractivity contribution >= 4 is 11.6 Å². The minimum absolute atomic E-state index is 0.176. The number of carbonyl (C=O) groups is 1. The summed E-state index contributed by atoms with van der Waals surface area (Å²) in [6.07, 6.45) is 1.44. The molecule has 0 radical (unpaired) electrons. The highest BCUT2D eigenvalue weighted by atomic mass is 16.5. The zero-order valence-electron chi connectivity index (χ0n) is 10.6. The summed E-state index contributed by atoms with van der Waals surface area (Å²) >= 11 is 0. The van der Waals surface area contributed by atoms with Crippen molar-refractivity contribution in [3.63, 3.8) is 0 Å². The quantitative estimate of drug-likeness (QED) is 0.905. The molecule has 0 fully saturated rings. The predicted octanol–water partition coefficient (Wildman–Crippen LogP) is 1.75. The fourth-order valence-corrected chi connectivity index (χ4v) is 1.47. The molecule has 1 N–H and O–H groups in total. The lowest BCUT2D eigenvalue weighted by molar-refractivity contribution is 0.102. The van der Waals surface area contributed by atoms with E-state index in [1.165, 1.54) is 20.4 Å². The van der Waals surface area contributed by atoms with Crippen molar-refractivity contribution in [3.8, 4) is 11.9 Å². The van der Waals surface area contributed by atoms with E-state index in [0.29, 0.717) is 11.3 Å². The topological polar surface area (TPSA) is 73.3 Å². The Morgan fingerprint density at radius 1 is 1.16 bits per heavy atom. The molecule has 2 rings (SSSR count). The fraction of sp³-hybridized carbons (Fsp3) is 0.154. The predicted molar refractivity (Wildman–Crippen MR) is 69.5 cm³/mol. The summed E-state index contributed by atoms with van der Waals surface area (Å²) in [5, 5.41) is 2.68. The molecule has 6 nitrogen and oxygen atoms in total. The first-order chi connectivity index (χ1) is 9.24. The maximum absolute atomic E-state index is 12.0. The average Bonchev–Trinajstić information content (AvgIpc) is 2.48. The van der Waals surface area contributed by atoms with Gasteiger partial charge in [-0.25, -0.2) is 4.98 Å². The van der Waals surface area contributed by atoms with Crippen LogP contribution in [0.25, 0.3) is 0 Å². The van der Waals surface area contributed by atoms with Crippen LogP contribution in [-0.2, 0) is 0 Å². The van der Waals surface area contributed by atoms with Gasteiger partial charge in [-0.3, -0.25) is 4.79 Å². The van der Waals surface area contributed by atoms with Crippen LogP contribution in [0, 0.1) is 0 Å². The highest BCUT2D eigenvalue weighted by Crippen LogP contribution is 2.22. The van der Waals surface area contributed by atoms with Crippen molar-refractivity contribution in [1.29, 1.82) is 0 Å². The van der Waals surface area contributed by atoms with Crippen molar-refractivity contribution in [2.45, 2.75) is 0 Å². The van der Waals surface area contributed by atoms with Gasteiger partial charge in [0.05, 0.1) is 20.4 Å². The summed E-state index contributed by atoms with van der Waals surface area (Å²) < 4.78 is 9.97. The van der Waals surface area contributed by atoms with Crippen LogP contribution in [0.5, 0.6) is 11.9 Å². The molecule has 1 amide bonds. The van der Waals surface area contributed by atoms with Gasteiger partial charge in [-0.15, -0.1) is 0 Å². The van der Waals surface area contributed by atoms with Gasteiger partial charge in [0.1, 0.15) is 5.69 Å². The average molecular weight is 259 g/mol.